The highest BCUT2D eigenvalue weighted by Gasteiger charge is 2.54. The highest BCUT2D eigenvalue weighted by atomic mass is 16.3. The van der Waals surface area contributed by atoms with Gasteiger partial charge in [-0.15, -0.1) is 0 Å². The van der Waals surface area contributed by atoms with Crippen molar-refractivity contribution in [3.05, 3.63) is 167 Å². The van der Waals surface area contributed by atoms with Crippen LogP contribution in [-0.2, 0) is 10.2 Å². The van der Waals surface area contributed by atoms with Gasteiger partial charge in [0.1, 0.15) is 16.9 Å². The molecular formula is C40H31NO3. The molecule has 0 saturated heterocycles. The third kappa shape index (κ3) is 4.26. The quantitative estimate of drug-likeness (QED) is 0.216. The molecule has 0 saturated carbocycles. The third-order valence-electron chi connectivity index (χ3n) is 8.60. The molecule has 0 spiro atoms. The van der Waals surface area contributed by atoms with Crippen LogP contribution >= 0.6 is 0 Å². The number of nitrogens with zero attached hydrogens (tertiary/aromatic N) is 1. The number of hydrogen-bond donors (Lipinski definition) is 2. The molecule has 0 bridgehead atoms. The first kappa shape index (κ1) is 27.2. The number of aromatic hydroxyl groups is 2. The first-order valence-electron chi connectivity index (χ1n) is 14.7. The lowest BCUT2D eigenvalue weighted by Gasteiger charge is -2.31. The van der Waals surface area contributed by atoms with Crippen molar-refractivity contribution in [3.63, 3.8) is 0 Å². The summed E-state index contributed by atoms with van der Waals surface area (Å²) in [5, 5.41) is 22.2. The number of carbonyl (C=O) groups excluding carboxylic acids is 1. The molecule has 44 heavy (non-hydrogen) atoms. The molecule has 0 unspecified atom stereocenters. The SMILES string of the molecule is Cc1cccc(-c2cc(C3(c4ccc(O)c(-c5cccc(C)c5)c4)C(=O)N(c4ccccc4)c4ccccc43)ccc2O)c1. The predicted octanol–water partition coefficient (Wildman–Crippen LogP) is 9.06. The lowest BCUT2D eigenvalue weighted by Crippen LogP contribution is -2.40. The molecule has 0 aromatic heterocycles. The van der Waals surface area contributed by atoms with Crippen molar-refractivity contribution in [1.29, 1.82) is 0 Å². The van der Waals surface area contributed by atoms with E-state index in [9.17, 15) is 10.2 Å². The van der Waals surface area contributed by atoms with E-state index in [1.54, 1.807) is 17.0 Å². The van der Waals surface area contributed by atoms with Gasteiger partial charge in [-0.3, -0.25) is 9.69 Å². The molecule has 1 amide bonds. The Morgan fingerprint density at radius 3 is 1.61 bits per heavy atom. The zero-order valence-corrected chi connectivity index (χ0v) is 24.5. The van der Waals surface area contributed by atoms with E-state index in [0.717, 1.165) is 50.3 Å². The van der Waals surface area contributed by atoms with E-state index >= 15 is 4.79 Å². The molecule has 1 aliphatic heterocycles. The van der Waals surface area contributed by atoms with Crippen LogP contribution in [0.5, 0.6) is 11.5 Å². The minimum Gasteiger partial charge on any atom is -0.507 e. The number of para-hydroxylation sites is 2. The van der Waals surface area contributed by atoms with Gasteiger partial charge in [0.25, 0.3) is 5.91 Å². The summed E-state index contributed by atoms with van der Waals surface area (Å²) in [6, 6.07) is 44.4. The smallest absolute Gasteiger partial charge is 0.251 e. The molecule has 1 aliphatic rings. The molecule has 0 radical (unpaired) electrons. The van der Waals surface area contributed by atoms with Crippen molar-refractivity contribution in [2.24, 2.45) is 0 Å². The molecule has 0 fully saturated rings. The average molecular weight is 574 g/mol. The first-order chi connectivity index (χ1) is 21.4. The van der Waals surface area contributed by atoms with Crippen LogP contribution in [0, 0.1) is 13.8 Å². The van der Waals surface area contributed by atoms with Crippen LogP contribution < -0.4 is 4.90 Å². The minimum atomic E-state index is -1.27. The third-order valence-corrected chi connectivity index (χ3v) is 8.60. The number of anilines is 2. The lowest BCUT2D eigenvalue weighted by atomic mass is 9.69. The zero-order chi connectivity index (χ0) is 30.4. The summed E-state index contributed by atoms with van der Waals surface area (Å²) in [5.41, 5.74) is 7.73. The van der Waals surface area contributed by atoms with Gasteiger partial charge in [0.15, 0.2) is 0 Å². The molecule has 2 N–H and O–H groups in total. The maximum atomic E-state index is 15.3. The predicted molar refractivity (Wildman–Crippen MR) is 176 cm³/mol. The standard InChI is InChI=1S/C40H31NO3/c1-26-10-8-12-28(22-26)33-24-30(18-20-37(33)42)40(31-19-21-38(43)34(25-31)29-13-9-11-27(2)23-29)35-16-6-7-17-36(35)41(39(40)44)32-14-4-3-5-15-32/h3-25,42-43H,1-2H3. The van der Waals surface area contributed by atoms with Crippen molar-refractivity contribution in [1.82, 2.24) is 0 Å². The Labute approximate surface area is 257 Å². The highest BCUT2D eigenvalue weighted by molar-refractivity contribution is 6.17. The van der Waals surface area contributed by atoms with Crippen LogP contribution in [0.4, 0.5) is 11.4 Å². The summed E-state index contributed by atoms with van der Waals surface area (Å²) in [6.45, 7) is 4.03. The second-order valence-corrected chi connectivity index (χ2v) is 11.4. The van der Waals surface area contributed by atoms with E-state index in [1.807, 2.05) is 141 Å². The fraction of sp³-hybridized carbons (Fsp3) is 0.0750. The first-order valence-corrected chi connectivity index (χ1v) is 14.7. The van der Waals surface area contributed by atoms with Crippen molar-refractivity contribution < 1.29 is 15.0 Å². The summed E-state index contributed by atoms with van der Waals surface area (Å²) in [5.74, 6) is 0.144. The monoisotopic (exact) mass is 573 g/mol. The fourth-order valence-corrected chi connectivity index (χ4v) is 6.56. The second kappa shape index (κ2) is 10.6. The molecule has 6 aromatic carbocycles. The van der Waals surface area contributed by atoms with Crippen molar-refractivity contribution in [2.75, 3.05) is 4.90 Å². The number of benzene rings is 6. The Kier molecular flexibility index (Phi) is 6.55. The van der Waals surface area contributed by atoms with Crippen LogP contribution in [-0.4, -0.2) is 16.1 Å². The maximum absolute atomic E-state index is 15.3. The number of phenols is 2. The average Bonchev–Trinajstić information content (AvgIpc) is 3.30. The maximum Gasteiger partial charge on any atom is 0.251 e. The molecule has 214 valence electrons. The summed E-state index contributed by atoms with van der Waals surface area (Å²) in [4.78, 5) is 17.0. The number of fused-ring (bicyclic) bond motifs is 1. The second-order valence-electron chi connectivity index (χ2n) is 11.4. The van der Waals surface area contributed by atoms with Crippen LogP contribution in [0.25, 0.3) is 22.3 Å². The molecule has 4 heteroatoms. The van der Waals surface area contributed by atoms with Gasteiger partial charge in [0.05, 0.1) is 5.69 Å². The summed E-state index contributed by atoms with van der Waals surface area (Å²) in [7, 11) is 0. The summed E-state index contributed by atoms with van der Waals surface area (Å²) < 4.78 is 0. The lowest BCUT2D eigenvalue weighted by molar-refractivity contribution is -0.120. The van der Waals surface area contributed by atoms with E-state index in [-0.39, 0.29) is 17.4 Å². The topological polar surface area (TPSA) is 60.8 Å². The van der Waals surface area contributed by atoms with Gasteiger partial charge in [0, 0.05) is 22.4 Å². The van der Waals surface area contributed by atoms with E-state index in [2.05, 4.69) is 0 Å². The van der Waals surface area contributed by atoms with Crippen LogP contribution in [0.2, 0.25) is 0 Å². The van der Waals surface area contributed by atoms with E-state index < -0.39 is 5.41 Å². The van der Waals surface area contributed by atoms with E-state index in [1.165, 1.54) is 0 Å². The Bertz CT molecular complexity index is 1950. The number of aryl methyl sites for hydroxylation is 2. The molecular weight excluding hydrogens is 542 g/mol. The zero-order valence-electron chi connectivity index (χ0n) is 24.5. The van der Waals surface area contributed by atoms with Crippen molar-refractivity contribution in [3.8, 4) is 33.8 Å². The Balaban J connectivity index is 1.56. The fourth-order valence-electron chi connectivity index (χ4n) is 6.56. The van der Waals surface area contributed by atoms with E-state index in [4.69, 9.17) is 0 Å². The number of phenolic OH excluding ortho intramolecular Hbond substituents is 2. The highest BCUT2D eigenvalue weighted by Crippen LogP contribution is 2.54. The van der Waals surface area contributed by atoms with Gasteiger partial charge in [-0.05, 0) is 78.6 Å². The molecule has 0 atom stereocenters. The summed E-state index contributed by atoms with van der Waals surface area (Å²) in [6.07, 6.45) is 0. The van der Waals surface area contributed by atoms with Gasteiger partial charge < -0.3 is 10.2 Å². The molecule has 0 aliphatic carbocycles. The van der Waals surface area contributed by atoms with Gasteiger partial charge in [-0.1, -0.05) is 108 Å². The van der Waals surface area contributed by atoms with Gasteiger partial charge in [0.2, 0.25) is 0 Å². The van der Waals surface area contributed by atoms with Gasteiger partial charge in [-0.2, -0.15) is 0 Å². The van der Waals surface area contributed by atoms with Crippen LogP contribution in [0.15, 0.2) is 140 Å². The van der Waals surface area contributed by atoms with Crippen LogP contribution in [0.1, 0.15) is 27.8 Å². The molecule has 7 rings (SSSR count). The molecule has 4 nitrogen and oxygen atoms in total. The molecule has 6 aromatic rings. The minimum absolute atomic E-state index is 0.133. The normalized spacial score (nSPS) is 13.6. The number of rotatable bonds is 5. The van der Waals surface area contributed by atoms with Crippen molar-refractivity contribution in [2.45, 2.75) is 19.3 Å². The Morgan fingerprint density at radius 1 is 0.545 bits per heavy atom. The number of amides is 1. The van der Waals surface area contributed by atoms with Crippen LogP contribution in [0.3, 0.4) is 0 Å². The van der Waals surface area contributed by atoms with Gasteiger partial charge in [-0.25, -0.2) is 0 Å². The Hall–Kier alpha value is -5.61. The number of carbonyl (C=O) groups is 1. The molecule has 1 heterocycles. The summed E-state index contributed by atoms with van der Waals surface area (Å²) >= 11 is 0. The van der Waals surface area contributed by atoms with E-state index in [0.29, 0.717) is 11.1 Å². The number of hydrogen-bond acceptors (Lipinski definition) is 3. The van der Waals surface area contributed by atoms with Gasteiger partial charge >= 0.3 is 0 Å². The van der Waals surface area contributed by atoms with Crippen molar-refractivity contribution >= 4 is 17.3 Å². The Morgan fingerprint density at radius 2 is 1.07 bits per heavy atom. The largest absolute Gasteiger partial charge is 0.507 e.